The fourth-order valence-electron chi connectivity index (χ4n) is 2.26. The molecule has 0 spiro atoms. The van der Waals surface area contributed by atoms with Crippen LogP contribution in [0.5, 0.6) is 0 Å². The molecule has 0 aromatic heterocycles. The van der Waals surface area contributed by atoms with Crippen LogP contribution in [-0.4, -0.2) is 45.1 Å². The molecule has 0 aliphatic carbocycles. The number of amides is 1. The highest BCUT2D eigenvalue weighted by molar-refractivity contribution is 7.89. The highest BCUT2D eigenvalue weighted by atomic mass is 35.5. The molecule has 0 unspecified atom stereocenters. The van der Waals surface area contributed by atoms with Gasteiger partial charge in [0.05, 0.1) is 12.1 Å². The first-order valence-electron chi connectivity index (χ1n) is 6.54. The van der Waals surface area contributed by atoms with Crippen molar-refractivity contribution >= 4 is 27.7 Å². The smallest absolute Gasteiger partial charge is 0.407 e. The molecule has 1 amide bonds. The van der Waals surface area contributed by atoms with Crippen LogP contribution in [0.4, 0.5) is 4.79 Å². The van der Waals surface area contributed by atoms with Gasteiger partial charge in [-0.25, -0.2) is 13.2 Å². The van der Waals surface area contributed by atoms with E-state index in [-0.39, 0.29) is 16.0 Å². The molecular weight excluding hydrogens is 316 g/mol. The number of rotatable bonds is 3. The first kappa shape index (κ1) is 16.1. The molecule has 1 aliphatic heterocycles. The first-order valence-corrected chi connectivity index (χ1v) is 8.36. The maximum atomic E-state index is 12.5. The van der Waals surface area contributed by atoms with Crippen molar-refractivity contribution in [3.63, 3.8) is 0 Å². The number of hydrogen-bond acceptors (Lipinski definition) is 4. The predicted molar refractivity (Wildman–Crippen MR) is 78.8 cm³/mol. The molecule has 1 fully saturated rings. The van der Waals surface area contributed by atoms with E-state index in [9.17, 15) is 13.2 Å². The number of benzene rings is 1. The fourth-order valence-corrected chi connectivity index (χ4v) is 4.22. The summed E-state index contributed by atoms with van der Waals surface area (Å²) < 4.78 is 31.0. The van der Waals surface area contributed by atoms with E-state index >= 15 is 0 Å². The van der Waals surface area contributed by atoms with Gasteiger partial charge >= 0.3 is 6.09 Å². The highest BCUT2D eigenvalue weighted by Gasteiger charge is 2.31. The van der Waals surface area contributed by atoms with Crippen molar-refractivity contribution in [1.82, 2.24) is 9.62 Å². The van der Waals surface area contributed by atoms with Gasteiger partial charge in [-0.05, 0) is 25.0 Å². The second-order valence-electron chi connectivity index (χ2n) is 4.74. The van der Waals surface area contributed by atoms with E-state index in [1.165, 1.54) is 17.5 Å². The third-order valence-electron chi connectivity index (χ3n) is 3.42. The molecule has 1 aromatic carbocycles. The molecular formula is C13H17ClN2O4S. The van der Waals surface area contributed by atoms with Gasteiger partial charge in [-0.15, -0.1) is 0 Å². The average Bonchev–Trinajstić information content (AvgIpc) is 2.48. The van der Waals surface area contributed by atoms with Gasteiger partial charge in [0, 0.05) is 19.1 Å². The maximum Gasteiger partial charge on any atom is 0.407 e. The molecule has 1 N–H and O–H groups in total. The van der Waals surface area contributed by atoms with Crippen LogP contribution < -0.4 is 5.32 Å². The lowest BCUT2D eigenvalue weighted by atomic mass is 10.1. The number of halogens is 1. The van der Waals surface area contributed by atoms with Crippen molar-refractivity contribution in [3.05, 3.63) is 29.3 Å². The summed E-state index contributed by atoms with van der Waals surface area (Å²) in [7, 11) is -2.29. The van der Waals surface area contributed by atoms with Gasteiger partial charge in [0.15, 0.2) is 0 Å². The largest absolute Gasteiger partial charge is 0.453 e. The average molecular weight is 333 g/mol. The zero-order chi connectivity index (χ0) is 15.5. The summed E-state index contributed by atoms with van der Waals surface area (Å²) in [5.41, 5.74) is 0. The highest BCUT2D eigenvalue weighted by Crippen LogP contribution is 2.26. The van der Waals surface area contributed by atoms with E-state index in [0.29, 0.717) is 25.9 Å². The zero-order valence-corrected chi connectivity index (χ0v) is 13.2. The van der Waals surface area contributed by atoms with E-state index in [1.54, 1.807) is 18.2 Å². The predicted octanol–water partition coefficient (Wildman–Crippen LogP) is 1.85. The topological polar surface area (TPSA) is 75.7 Å². The Balaban J connectivity index is 2.05. The summed E-state index contributed by atoms with van der Waals surface area (Å²) in [6.07, 6.45) is 0.583. The van der Waals surface area contributed by atoms with Crippen LogP contribution in [0.15, 0.2) is 29.2 Å². The lowest BCUT2D eigenvalue weighted by molar-refractivity contribution is 0.161. The molecule has 2 rings (SSSR count). The Hall–Kier alpha value is -1.31. The monoisotopic (exact) mass is 332 g/mol. The van der Waals surface area contributed by atoms with Crippen LogP contribution in [0, 0.1) is 0 Å². The lowest BCUT2D eigenvalue weighted by Gasteiger charge is -2.31. The number of carbonyl (C=O) groups excluding carboxylic acids is 1. The normalized spacial score (nSPS) is 17.4. The van der Waals surface area contributed by atoms with Gasteiger partial charge < -0.3 is 10.1 Å². The number of nitrogens with one attached hydrogen (secondary N) is 1. The summed E-state index contributed by atoms with van der Waals surface area (Å²) >= 11 is 5.96. The Morgan fingerprint density at radius 3 is 2.52 bits per heavy atom. The molecule has 0 bridgehead atoms. The quantitative estimate of drug-likeness (QED) is 0.916. The first-order chi connectivity index (χ1) is 9.95. The van der Waals surface area contributed by atoms with Gasteiger partial charge in [0.2, 0.25) is 10.0 Å². The van der Waals surface area contributed by atoms with Gasteiger partial charge in [-0.3, -0.25) is 0 Å². The molecule has 1 aromatic rings. The Bertz CT molecular complexity index is 612. The lowest BCUT2D eigenvalue weighted by Crippen LogP contribution is -2.46. The van der Waals surface area contributed by atoms with Gasteiger partial charge in [-0.1, -0.05) is 23.7 Å². The summed E-state index contributed by atoms with van der Waals surface area (Å²) in [6.45, 7) is 0.671. The zero-order valence-electron chi connectivity index (χ0n) is 11.6. The minimum atomic E-state index is -3.59. The Morgan fingerprint density at radius 2 is 1.95 bits per heavy atom. The molecule has 8 heteroatoms. The Morgan fingerprint density at radius 1 is 1.33 bits per heavy atom. The summed E-state index contributed by atoms with van der Waals surface area (Å²) in [5, 5.41) is 2.90. The standard InChI is InChI=1S/C13H17ClN2O4S/c1-20-13(17)15-10-6-8-16(9-7-10)21(18,19)12-5-3-2-4-11(12)14/h2-5,10H,6-9H2,1H3,(H,15,17). The summed E-state index contributed by atoms with van der Waals surface area (Å²) in [4.78, 5) is 11.3. The van der Waals surface area contributed by atoms with E-state index in [2.05, 4.69) is 10.1 Å². The van der Waals surface area contributed by atoms with Gasteiger partial charge in [0.1, 0.15) is 4.90 Å². The van der Waals surface area contributed by atoms with Crippen molar-refractivity contribution in [2.24, 2.45) is 0 Å². The van der Waals surface area contributed by atoms with Crippen molar-refractivity contribution < 1.29 is 17.9 Å². The van der Waals surface area contributed by atoms with Crippen LogP contribution in [0.2, 0.25) is 5.02 Å². The minimum Gasteiger partial charge on any atom is -0.453 e. The number of ether oxygens (including phenoxy) is 1. The van der Waals surface area contributed by atoms with E-state index in [1.807, 2.05) is 0 Å². The molecule has 1 aliphatic rings. The van der Waals surface area contributed by atoms with Gasteiger partial charge in [-0.2, -0.15) is 4.31 Å². The Kier molecular flexibility index (Phi) is 5.08. The third kappa shape index (κ3) is 3.66. The number of nitrogens with zero attached hydrogens (tertiary/aromatic N) is 1. The van der Waals surface area contributed by atoms with Crippen LogP contribution in [0.1, 0.15) is 12.8 Å². The van der Waals surface area contributed by atoms with Crippen molar-refractivity contribution in [1.29, 1.82) is 0 Å². The van der Waals surface area contributed by atoms with Crippen LogP contribution in [-0.2, 0) is 14.8 Å². The summed E-state index contributed by atoms with van der Waals surface area (Å²) in [5.74, 6) is 0. The molecule has 0 radical (unpaired) electrons. The van der Waals surface area contributed by atoms with Crippen molar-refractivity contribution in [2.75, 3.05) is 20.2 Å². The molecule has 6 nitrogen and oxygen atoms in total. The number of methoxy groups -OCH3 is 1. The second kappa shape index (κ2) is 6.64. The molecule has 0 atom stereocenters. The van der Waals surface area contributed by atoms with E-state index in [4.69, 9.17) is 11.6 Å². The Labute approximate surface area is 129 Å². The number of hydrogen-bond donors (Lipinski definition) is 1. The van der Waals surface area contributed by atoms with Gasteiger partial charge in [0.25, 0.3) is 0 Å². The molecule has 1 saturated heterocycles. The molecule has 0 saturated carbocycles. The maximum absolute atomic E-state index is 12.5. The van der Waals surface area contributed by atoms with Crippen LogP contribution in [0.3, 0.4) is 0 Å². The third-order valence-corrected chi connectivity index (χ3v) is 5.81. The summed E-state index contributed by atoms with van der Waals surface area (Å²) in [6, 6.07) is 6.31. The van der Waals surface area contributed by atoms with E-state index < -0.39 is 16.1 Å². The van der Waals surface area contributed by atoms with Crippen LogP contribution in [0.25, 0.3) is 0 Å². The number of sulfonamides is 1. The van der Waals surface area contributed by atoms with Crippen LogP contribution >= 0.6 is 11.6 Å². The minimum absolute atomic E-state index is 0.0739. The number of piperidine rings is 1. The molecule has 1 heterocycles. The van der Waals surface area contributed by atoms with E-state index in [0.717, 1.165) is 0 Å². The second-order valence-corrected chi connectivity index (χ2v) is 7.06. The van der Waals surface area contributed by atoms with Crippen molar-refractivity contribution in [2.45, 2.75) is 23.8 Å². The molecule has 116 valence electrons. The molecule has 21 heavy (non-hydrogen) atoms. The van der Waals surface area contributed by atoms with Crippen molar-refractivity contribution in [3.8, 4) is 0 Å². The fraction of sp³-hybridized carbons (Fsp3) is 0.462. The number of alkyl carbamates (subject to hydrolysis) is 1. The number of carbonyl (C=O) groups is 1. The SMILES string of the molecule is COC(=O)NC1CCN(S(=O)(=O)c2ccccc2Cl)CC1.